The third-order valence-electron chi connectivity index (χ3n) is 7.46. The summed E-state index contributed by atoms with van der Waals surface area (Å²) in [6.45, 7) is -0.787. The zero-order valence-electron chi connectivity index (χ0n) is 19.3. The number of nitro groups is 2. The number of para-hydroxylation sites is 1. The largest absolute Gasteiger partial charge is 0.292 e. The molecule has 2 bridgehead atoms. The molecule has 3 aliphatic rings. The fraction of sp³-hybridized carbons (Fsp3) is 0.333. The summed E-state index contributed by atoms with van der Waals surface area (Å²) in [5, 5.41) is 23.9. The number of benzene rings is 2. The van der Waals surface area contributed by atoms with Gasteiger partial charge < -0.3 is 0 Å². The van der Waals surface area contributed by atoms with Crippen molar-refractivity contribution in [3.8, 4) is 0 Å². The number of Topliss-reactive ketones (excluding diaryl/α,β-unsaturated/α-hetero) is 1. The zero-order valence-corrected chi connectivity index (χ0v) is 22.5. The number of hydrogen-bond donors (Lipinski definition) is 0. The summed E-state index contributed by atoms with van der Waals surface area (Å²) in [5.41, 5.74) is -1.20. The zero-order chi connectivity index (χ0) is 27.5. The lowest BCUT2D eigenvalue weighted by Crippen LogP contribution is -2.52. The number of non-ortho nitro benzene ring substituents is 1. The van der Waals surface area contributed by atoms with Gasteiger partial charge in [0, 0.05) is 33.4 Å². The molecule has 2 aromatic rings. The molecule has 2 aromatic carbocycles. The molecule has 0 spiro atoms. The average Bonchev–Trinajstić information content (AvgIpc) is 3.51. The van der Waals surface area contributed by atoms with Crippen LogP contribution < -0.4 is 0 Å². The van der Waals surface area contributed by atoms with Crippen LogP contribution in [0, 0.1) is 43.9 Å². The van der Waals surface area contributed by atoms with Gasteiger partial charge in [-0.25, -0.2) is 5.01 Å². The molecule has 1 saturated heterocycles. The van der Waals surface area contributed by atoms with E-state index >= 15 is 0 Å². The number of ketones is 1. The third kappa shape index (κ3) is 4.02. The Labute approximate surface area is 231 Å². The molecular formula is C24H18Br2N4O8. The SMILES string of the molecule is O=C(CN(C(=O)c1ccccc1[N+](=O)[O-])N1C(=O)[C@@H]2[C@H]3C[C@@H]([C@@H](Br)[C@H]3Br)[C@H]2C1=O)c1ccc([N+](=O)[O-])cc1. The van der Waals surface area contributed by atoms with Crippen molar-refractivity contribution in [2.45, 2.75) is 16.1 Å². The van der Waals surface area contributed by atoms with E-state index in [1.165, 1.54) is 30.3 Å². The maximum Gasteiger partial charge on any atom is 0.282 e. The number of rotatable bonds is 7. The molecule has 3 fully saturated rings. The van der Waals surface area contributed by atoms with Crippen molar-refractivity contribution >= 4 is 66.7 Å². The van der Waals surface area contributed by atoms with Gasteiger partial charge in [-0.05, 0) is 36.5 Å². The molecular weight excluding hydrogens is 632 g/mol. The molecule has 0 N–H and O–H groups in total. The van der Waals surface area contributed by atoms with Gasteiger partial charge >= 0.3 is 0 Å². The topological polar surface area (TPSA) is 161 Å². The van der Waals surface area contributed by atoms with Crippen LogP contribution >= 0.6 is 31.9 Å². The van der Waals surface area contributed by atoms with E-state index < -0.39 is 63.0 Å². The average molecular weight is 650 g/mol. The summed E-state index contributed by atoms with van der Waals surface area (Å²) in [7, 11) is 0. The first-order chi connectivity index (χ1) is 18.0. The summed E-state index contributed by atoms with van der Waals surface area (Å²) in [5.74, 6) is -4.77. The fourth-order valence-electron chi connectivity index (χ4n) is 5.75. The highest BCUT2D eigenvalue weighted by atomic mass is 79.9. The molecule has 6 atom stereocenters. The normalized spacial score (nSPS) is 27.4. The fourth-order valence-corrected chi connectivity index (χ4v) is 7.63. The van der Waals surface area contributed by atoms with Crippen molar-refractivity contribution in [1.82, 2.24) is 10.0 Å². The second-order valence-electron chi connectivity index (χ2n) is 9.36. The van der Waals surface area contributed by atoms with Crippen molar-refractivity contribution in [1.29, 1.82) is 0 Å². The highest BCUT2D eigenvalue weighted by molar-refractivity contribution is 9.12. The van der Waals surface area contributed by atoms with Crippen LogP contribution in [0.5, 0.6) is 0 Å². The quantitative estimate of drug-likeness (QED) is 0.145. The Morgan fingerprint density at radius 1 is 0.895 bits per heavy atom. The van der Waals surface area contributed by atoms with E-state index in [0.717, 1.165) is 18.2 Å². The van der Waals surface area contributed by atoms with E-state index in [1.54, 1.807) is 0 Å². The van der Waals surface area contributed by atoms with Gasteiger partial charge in [0.05, 0.1) is 21.7 Å². The van der Waals surface area contributed by atoms with E-state index in [4.69, 9.17) is 0 Å². The molecule has 196 valence electrons. The number of hydrogen-bond acceptors (Lipinski definition) is 8. The number of nitrogens with zero attached hydrogens (tertiary/aromatic N) is 4. The van der Waals surface area contributed by atoms with Crippen LogP contribution in [0.4, 0.5) is 11.4 Å². The summed E-state index contributed by atoms with van der Waals surface area (Å²) in [6, 6.07) is 9.66. The smallest absolute Gasteiger partial charge is 0.282 e. The molecule has 3 amide bonds. The van der Waals surface area contributed by atoms with Crippen LogP contribution in [-0.2, 0) is 9.59 Å². The van der Waals surface area contributed by atoms with Crippen molar-refractivity contribution < 1.29 is 29.0 Å². The second kappa shape index (κ2) is 9.66. The predicted octanol–water partition coefficient (Wildman–Crippen LogP) is 3.52. The second-order valence-corrected chi connectivity index (χ2v) is 11.5. The number of carbonyl (C=O) groups is 4. The van der Waals surface area contributed by atoms with Crippen molar-refractivity contribution in [3.63, 3.8) is 0 Å². The predicted molar refractivity (Wildman–Crippen MR) is 137 cm³/mol. The lowest BCUT2D eigenvalue weighted by molar-refractivity contribution is -0.385. The van der Waals surface area contributed by atoms with Crippen LogP contribution in [0.2, 0.25) is 0 Å². The van der Waals surface area contributed by atoms with Gasteiger partial charge in [0.15, 0.2) is 5.78 Å². The third-order valence-corrected chi connectivity index (χ3v) is 10.7. The maximum atomic E-state index is 13.7. The number of hydrazine groups is 1. The van der Waals surface area contributed by atoms with Gasteiger partial charge in [-0.15, -0.1) is 0 Å². The minimum Gasteiger partial charge on any atom is -0.292 e. The number of alkyl halides is 2. The van der Waals surface area contributed by atoms with E-state index in [1.807, 2.05) is 0 Å². The molecule has 1 aliphatic heterocycles. The van der Waals surface area contributed by atoms with Gasteiger partial charge in [-0.3, -0.25) is 39.4 Å². The Morgan fingerprint density at radius 2 is 1.45 bits per heavy atom. The monoisotopic (exact) mass is 648 g/mol. The first kappa shape index (κ1) is 26.1. The van der Waals surface area contributed by atoms with Crippen molar-refractivity contribution in [2.75, 3.05) is 6.54 Å². The molecule has 0 radical (unpaired) electrons. The summed E-state index contributed by atoms with van der Waals surface area (Å²) in [6.07, 6.45) is 0.645. The molecule has 0 aromatic heterocycles. The Morgan fingerprint density at radius 3 is 1.97 bits per heavy atom. The Bertz CT molecular complexity index is 1370. The molecule has 38 heavy (non-hydrogen) atoms. The van der Waals surface area contributed by atoms with Crippen molar-refractivity contribution in [2.24, 2.45) is 23.7 Å². The minimum atomic E-state index is -1.06. The van der Waals surface area contributed by atoms with Crippen LogP contribution in [0.1, 0.15) is 27.1 Å². The number of nitro benzene ring substituents is 2. The van der Waals surface area contributed by atoms with E-state index in [-0.39, 0.29) is 32.7 Å². The van der Waals surface area contributed by atoms with Crippen molar-refractivity contribution in [3.05, 3.63) is 79.9 Å². The molecule has 14 heteroatoms. The Hall–Kier alpha value is -3.52. The lowest BCUT2D eigenvalue weighted by atomic mass is 9.81. The first-order valence-corrected chi connectivity index (χ1v) is 13.3. The maximum absolute atomic E-state index is 13.7. The van der Waals surface area contributed by atoms with Crippen LogP contribution in [0.3, 0.4) is 0 Å². The van der Waals surface area contributed by atoms with E-state index in [9.17, 15) is 39.4 Å². The summed E-state index contributed by atoms with van der Waals surface area (Å²) in [4.78, 5) is 75.2. The standard InChI is InChI=1S/C24H18Br2N4O8/c25-20-14-9-15(21(20)26)19-18(14)23(33)28(24(19)34)27(22(32)13-3-1-2-4-16(13)30(37)38)10-17(31)11-5-7-12(8-6-11)29(35)36/h1-8,14-15,18-21H,9-10H2/t14-,15-,18-,19-,20-,21+/m1/s1. The number of fused-ring (bicyclic) bond motifs is 5. The van der Waals surface area contributed by atoms with Crippen LogP contribution in [-0.4, -0.2) is 59.6 Å². The van der Waals surface area contributed by atoms with Gasteiger partial charge in [0.25, 0.3) is 29.1 Å². The van der Waals surface area contributed by atoms with Gasteiger partial charge in [-0.2, -0.15) is 5.01 Å². The number of imide groups is 1. The highest BCUT2D eigenvalue weighted by Crippen LogP contribution is 2.60. The van der Waals surface area contributed by atoms with E-state index in [0.29, 0.717) is 16.4 Å². The molecule has 2 aliphatic carbocycles. The molecule has 1 heterocycles. The summed E-state index contributed by atoms with van der Waals surface area (Å²) < 4.78 is 0. The molecule has 2 saturated carbocycles. The first-order valence-electron chi connectivity index (χ1n) is 11.5. The Balaban J connectivity index is 1.53. The number of amides is 3. The van der Waals surface area contributed by atoms with Gasteiger partial charge in [0.1, 0.15) is 12.1 Å². The molecule has 12 nitrogen and oxygen atoms in total. The minimum absolute atomic E-state index is 0.00337. The van der Waals surface area contributed by atoms with E-state index in [2.05, 4.69) is 31.9 Å². The number of halogens is 2. The Kier molecular flexibility index (Phi) is 6.63. The van der Waals surface area contributed by atoms with Gasteiger partial charge in [0.2, 0.25) is 0 Å². The van der Waals surface area contributed by atoms with Gasteiger partial charge in [-0.1, -0.05) is 44.0 Å². The lowest BCUT2D eigenvalue weighted by Gasteiger charge is -2.30. The summed E-state index contributed by atoms with van der Waals surface area (Å²) >= 11 is 7.19. The number of carbonyl (C=O) groups excluding carboxylic acids is 4. The van der Waals surface area contributed by atoms with Crippen LogP contribution in [0.25, 0.3) is 0 Å². The molecule has 5 rings (SSSR count). The molecule has 0 unspecified atom stereocenters. The van der Waals surface area contributed by atoms with Crippen LogP contribution in [0.15, 0.2) is 48.5 Å². The highest BCUT2D eigenvalue weighted by Gasteiger charge is 2.67.